The lowest BCUT2D eigenvalue weighted by atomic mass is 10.2. The van der Waals surface area contributed by atoms with Crippen LogP contribution in [-0.2, 0) is 4.74 Å². The Kier molecular flexibility index (Phi) is 6.24. The standard InChI is InChI=1S/C20H27N5O2/c1-4-24(5-2)20-21-15(3)14-17(23-20)19(26)22-16-8-6-7-9-18(16)25-10-12-27-13-11-25/h6-9,14H,4-5,10-13H2,1-3H3,(H,22,26). The summed E-state index contributed by atoms with van der Waals surface area (Å²) in [4.78, 5) is 26.1. The van der Waals surface area contributed by atoms with Gasteiger partial charge in [-0.15, -0.1) is 0 Å². The third kappa shape index (κ3) is 4.54. The van der Waals surface area contributed by atoms with Crippen molar-refractivity contribution in [1.29, 1.82) is 0 Å². The van der Waals surface area contributed by atoms with Gasteiger partial charge in [0.25, 0.3) is 5.91 Å². The molecule has 0 spiro atoms. The zero-order chi connectivity index (χ0) is 19.2. The summed E-state index contributed by atoms with van der Waals surface area (Å²) >= 11 is 0. The number of morpholine rings is 1. The summed E-state index contributed by atoms with van der Waals surface area (Å²) in [6.45, 7) is 10.6. The predicted molar refractivity (Wildman–Crippen MR) is 108 cm³/mol. The maximum absolute atomic E-state index is 12.9. The lowest BCUT2D eigenvalue weighted by Gasteiger charge is -2.30. The monoisotopic (exact) mass is 369 g/mol. The van der Waals surface area contributed by atoms with Gasteiger partial charge in [-0.1, -0.05) is 12.1 Å². The summed E-state index contributed by atoms with van der Waals surface area (Å²) in [7, 11) is 0. The SMILES string of the molecule is CCN(CC)c1nc(C)cc(C(=O)Nc2ccccc2N2CCOCC2)n1. The van der Waals surface area contributed by atoms with Gasteiger partial charge < -0.3 is 19.9 Å². The Balaban J connectivity index is 1.84. The van der Waals surface area contributed by atoms with E-state index in [4.69, 9.17) is 4.74 Å². The fraction of sp³-hybridized carbons (Fsp3) is 0.450. The van der Waals surface area contributed by atoms with E-state index in [1.807, 2.05) is 49.9 Å². The number of hydrogen-bond acceptors (Lipinski definition) is 6. The average Bonchev–Trinajstić information content (AvgIpc) is 2.69. The molecule has 0 radical (unpaired) electrons. The van der Waals surface area contributed by atoms with E-state index in [2.05, 4.69) is 20.2 Å². The number of amides is 1. The first-order valence-electron chi connectivity index (χ1n) is 9.46. The molecule has 0 unspecified atom stereocenters. The molecule has 1 aliphatic rings. The Bertz CT molecular complexity index is 786. The van der Waals surface area contributed by atoms with Gasteiger partial charge in [0.05, 0.1) is 24.6 Å². The Morgan fingerprint density at radius 3 is 2.59 bits per heavy atom. The van der Waals surface area contributed by atoms with Crippen LogP contribution < -0.4 is 15.1 Å². The third-order valence-electron chi connectivity index (χ3n) is 4.63. The Hall–Kier alpha value is -2.67. The van der Waals surface area contributed by atoms with Gasteiger partial charge in [-0.2, -0.15) is 0 Å². The van der Waals surface area contributed by atoms with E-state index in [1.165, 1.54) is 0 Å². The maximum atomic E-state index is 12.9. The van der Waals surface area contributed by atoms with Gasteiger partial charge in [0.2, 0.25) is 5.95 Å². The minimum Gasteiger partial charge on any atom is -0.378 e. The van der Waals surface area contributed by atoms with Crippen molar-refractivity contribution in [2.75, 3.05) is 54.5 Å². The van der Waals surface area contributed by atoms with Crippen molar-refractivity contribution in [3.63, 3.8) is 0 Å². The molecule has 3 rings (SSSR count). The fourth-order valence-corrected chi connectivity index (χ4v) is 3.16. The van der Waals surface area contributed by atoms with Crippen LogP contribution in [0.15, 0.2) is 30.3 Å². The first kappa shape index (κ1) is 19.1. The average molecular weight is 369 g/mol. The number of nitrogens with zero attached hydrogens (tertiary/aromatic N) is 4. The second-order valence-corrected chi connectivity index (χ2v) is 6.44. The molecule has 0 bridgehead atoms. The molecule has 1 fully saturated rings. The lowest BCUT2D eigenvalue weighted by Crippen LogP contribution is -2.36. The van der Waals surface area contributed by atoms with E-state index in [1.54, 1.807) is 6.07 Å². The van der Waals surface area contributed by atoms with Crippen LogP contribution in [0.3, 0.4) is 0 Å². The van der Waals surface area contributed by atoms with E-state index in [0.717, 1.165) is 43.2 Å². The van der Waals surface area contributed by atoms with E-state index in [-0.39, 0.29) is 5.91 Å². The molecule has 2 heterocycles. The van der Waals surface area contributed by atoms with Gasteiger partial charge in [0, 0.05) is 31.9 Å². The molecule has 0 saturated carbocycles. The first-order chi connectivity index (χ1) is 13.1. The van der Waals surface area contributed by atoms with Crippen molar-refractivity contribution < 1.29 is 9.53 Å². The number of ether oxygens (including phenoxy) is 1. The number of nitrogens with one attached hydrogen (secondary N) is 1. The molecule has 1 aromatic heterocycles. The number of aryl methyl sites for hydroxylation is 1. The molecule has 1 aromatic carbocycles. The van der Waals surface area contributed by atoms with Gasteiger partial charge >= 0.3 is 0 Å². The number of anilines is 3. The molecule has 0 aliphatic carbocycles. The number of para-hydroxylation sites is 2. The number of carbonyl (C=O) groups excluding carboxylic acids is 1. The number of benzene rings is 1. The Morgan fingerprint density at radius 2 is 1.89 bits per heavy atom. The van der Waals surface area contributed by atoms with E-state index in [9.17, 15) is 4.79 Å². The molecule has 0 atom stereocenters. The quantitative estimate of drug-likeness (QED) is 0.844. The summed E-state index contributed by atoms with van der Waals surface area (Å²) in [6, 6.07) is 9.56. The van der Waals surface area contributed by atoms with Crippen LogP contribution in [0.2, 0.25) is 0 Å². The highest BCUT2D eigenvalue weighted by atomic mass is 16.5. The normalized spacial score (nSPS) is 14.1. The first-order valence-corrected chi connectivity index (χ1v) is 9.46. The van der Waals surface area contributed by atoms with Gasteiger partial charge in [-0.25, -0.2) is 9.97 Å². The molecule has 1 N–H and O–H groups in total. The summed E-state index contributed by atoms with van der Waals surface area (Å²) in [5, 5.41) is 3.02. The van der Waals surface area contributed by atoms with Crippen LogP contribution >= 0.6 is 0 Å². The van der Waals surface area contributed by atoms with Crippen molar-refractivity contribution in [2.24, 2.45) is 0 Å². The van der Waals surface area contributed by atoms with Gasteiger partial charge in [-0.05, 0) is 39.0 Å². The molecule has 27 heavy (non-hydrogen) atoms. The van der Waals surface area contributed by atoms with Crippen LogP contribution in [0.25, 0.3) is 0 Å². The Morgan fingerprint density at radius 1 is 1.19 bits per heavy atom. The second-order valence-electron chi connectivity index (χ2n) is 6.44. The van der Waals surface area contributed by atoms with Crippen molar-refractivity contribution in [3.8, 4) is 0 Å². The highest BCUT2D eigenvalue weighted by Gasteiger charge is 2.18. The third-order valence-corrected chi connectivity index (χ3v) is 4.63. The Labute approximate surface area is 160 Å². The van der Waals surface area contributed by atoms with Crippen LogP contribution in [0.5, 0.6) is 0 Å². The number of aromatic nitrogens is 2. The molecule has 144 valence electrons. The maximum Gasteiger partial charge on any atom is 0.274 e. The zero-order valence-electron chi connectivity index (χ0n) is 16.2. The van der Waals surface area contributed by atoms with Crippen LogP contribution in [0.4, 0.5) is 17.3 Å². The minimum absolute atomic E-state index is 0.227. The molecule has 2 aromatic rings. The predicted octanol–water partition coefficient (Wildman–Crippen LogP) is 2.72. The van der Waals surface area contributed by atoms with Crippen molar-refractivity contribution >= 4 is 23.2 Å². The van der Waals surface area contributed by atoms with Crippen LogP contribution in [-0.4, -0.2) is 55.3 Å². The van der Waals surface area contributed by atoms with Crippen LogP contribution in [0, 0.1) is 6.92 Å². The summed E-state index contributed by atoms with van der Waals surface area (Å²) < 4.78 is 5.43. The highest BCUT2D eigenvalue weighted by molar-refractivity contribution is 6.04. The molecule has 1 saturated heterocycles. The summed E-state index contributed by atoms with van der Waals surface area (Å²) in [5.74, 6) is 0.362. The zero-order valence-corrected chi connectivity index (χ0v) is 16.2. The van der Waals surface area contributed by atoms with E-state index >= 15 is 0 Å². The highest BCUT2D eigenvalue weighted by Crippen LogP contribution is 2.27. The molecule has 1 amide bonds. The minimum atomic E-state index is -0.227. The fourth-order valence-electron chi connectivity index (χ4n) is 3.16. The van der Waals surface area contributed by atoms with Gasteiger partial charge in [0.15, 0.2) is 0 Å². The molecule has 1 aliphatic heterocycles. The lowest BCUT2D eigenvalue weighted by molar-refractivity contribution is 0.102. The largest absolute Gasteiger partial charge is 0.378 e. The van der Waals surface area contributed by atoms with Crippen molar-refractivity contribution in [3.05, 3.63) is 41.7 Å². The van der Waals surface area contributed by atoms with E-state index < -0.39 is 0 Å². The number of hydrogen-bond donors (Lipinski definition) is 1. The molecule has 7 heteroatoms. The second kappa shape index (κ2) is 8.81. The summed E-state index contributed by atoms with van der Waals surface area (Å²) in [6.07, 6.45) is 0. The summed E-state index contributed by atoms with van der Waals surface area (Å²) in [5.41, 5.74) is 2.94. The topological polar surface area (TPSA) is 70.6 Å². The smallest absolute Gasteiger partial charge is 0.274 e. The molecular formula is C20H27N5O2. The van der Waals surface area contributed by atoms with Crippen molar-refractivity contribution in [2.45, 2.75) is 20.8 Å². The molecule has 7 nitrogen and oxygen atoms in total. The van der Waals surface area contributed by atoms with Gasteiger partial charge in [0.1, 0.15) is 5.69 Å². The number of carbonyl (C=O) groups is 1. The van der Waals surface area contributed by atoms with Crippen LogP contribution in [0.1, 0.15) is 30.0 Å². The molecular weight excluding hydrogens is 342 g/mol. The number of rotatable bonds is 6. The van der Waals surface area contributed by atoms with Gasteiger partial charge in [-0.3, -0.25) is 4.79 Å². The van der Waals surface area contributed by atoms with E-state index in [0.29, 0.717) is 24.9 Å². The van der Waals surface area contributed by atoms with Crippen molar-refractivity contribution in [1.82, 2.24) is 9.97 Å².